The Labute approximate surface area is 116 Å². The number of amidine groups is 1. The van der Waals surface area contributed by atoms with Gasteiger partial charge in [0.05, 0.1) is 5.69 Å². The Morgan fingerprint density at radius 3 is 2.63 bits per heavy atom. The van der Waals surface area contributed by atoms with Crippen LogP contribution in [0.1, 0.15) is 56.1 Å². The molecule has 0 radical (unpaired) electrons. The molecule has 0 amide bonds. The monoisotopic (exact) mass is 256 g/mol. The molecule has 0 aliphatic heterocycles. The summed E-state index contributed by atoms with van der Waals surface area (Å²) >= 11 is 0. The molecular weight excluding hydrogens is 232 g/mol. The molecule has 1 aromatic carbocycles. The molecule has 0 aromatic heterocycles. The van der Waals surface area contributed by atoms with E-state index in [0.717, 1.165) is 11.5 Å². The lowest BCUT2D eigenvalue weighted by atomic mass is 9.88. The summed E-state index contributed by atoms with van der Waals surface area (Å²) in [5.41, 5.74) is 10.3. The maximum absolute atomic E-state index is 6.26. The van der Waals surface area contributed by atoms with Crippen molar-refractivity contribution in [3.05, 3.63) is 29.3 Å². The average Bonchev–Trinajstić information content (AvgIpc) is 2.48. The molecule has 0 bridgehead atoms. The van der Waals surface area contributed by atoms with Crippen molar-refractivity contribution in [1.82, 2.24) is 0 Å². The van der Waals surface area contributed by atoms with Gasteiger partial charge >= 0.3 is 0 Å². The van der Waals surface area contributed by atoms with Crippen LogP contribution in [-0.4, -0.2) is 5.84 Å². The lowest BCUT2D eigenvalue weighted by Gasteiger charge is -2.22. The lowest BCUT2D eigenvalue weighted by molar-refractivity contribution is 0.437. The third kappa shape index (κ3) is 2.83. The first-order chi connectivity index (χ1) is 9.34. The van der Waals surface area contributed by atoms with Gasteiger partial charge in [0.15, 0.2) is 0 Å². The number of nitrogens with two attached hydrogens (primary N) is 1. The van der Waals surface area contributed by atoms with Crippen molar-refractivity contribution < 1.29 is 0 Å². The molecule has 1 fully saturated rings. The van der Waals surface area contributed by atoms with Gasteiger partial charge in [-0.25, -0.2) is 4.99 Å². The molecule has 0 heterocycles. The van der Waals surface area contributed by atoms with E-state index >= 15 is 0 Å². The minimum atomic E-state index is 0.521. The number of fused-ring (bicyclic) bond motifs is 1. The zero-order chi connectivity index (χ0) is 13.1. The first-order valence-electron chi connectivity index (χ1n) is 7.79. The van der Waals surface area contributed by atoms with E-state index in [4.69, 9.17) is 10.7 Å². The largest absolute Gasteiger partial charge is 0.387 e. The highest BCUT2D eigenvalue weighted by Gasteiger charge is 2.18. The van der Waals surface area contributed by atoms with E-state index in [-0.39, 0.29) is 0 Å². The van der Waals surface area contributed by atoms with E-state index in [9.17, 15) is 0 Å². The third-order valence-corrected chi connectivity index (χ3v) is 4.64. The van der Waals surface area contributed by atoms with E-state index in [0.29, 0.717) is 5.92 Å². The maximum Gasteiger partial charge on any atom is 0.103 e. The van der Waals surface area contributed by atoms with E-state index in [1.54, 1.807) is 0 Å². The lowest BCUT2D eigenvalue weighted by Crippen LogP contribution is -2.25. The number of hydrogen-bond acceptors (Lipinski definition) is 1. The highest BCUT2D eigenvalue weighted by atomic mass is 14.9. The van der Waals surface area contributed by atoms with Crippen LogP contribution in [0.3, 0.4) is 0 Å². The van der Waals surface area contributed by atoms with Crippen molar-refractivity contribution in [3.63, 3.8) is 0 Å². The molecule has 2 N–H and O–H groups in total. The molecule has 2 nitrogen and oxygen atoms in total. The van der Waals surface area contributed by atoms with Crippen LogP contribution < -0.4 is 5.73 Å². The molecule has 2 aliphatic rings. The summed E-state index contributed by atoms with van der Waals surface area (Å²) in [4.78, 5) is 4.79. The molecule has 102 valence electrons. The van der Waals surface area contributed by atoms with Crippen molar-refractivity contribution in [2.75, 3.05) is 0 Å². The normalized spacial score (nSPS) is 21.2. The topological polar surface area (TPSA) is 38.4 Å². The van der Waals surface area contributed by atoms with Crippen LogP contribution in [0.15, 0.2) is 23.2 Å². The molecular formula is C17H24N2. The zero-order valence-electron chi connectivity index (χ0n) is 11.7. The minimum Gasteiger partial charge on any atom is -0.387 e. The highest BCUT2D eigenvalue weighted by molar-refractivity contribution is 5.86. The minimum absolute atomic E-state index is 0.521. The fourth-order valence-electron chi connectivity index (χ4n) is 3.49. The van der Waals surface area contributed by atoms with Crippen LogP contribution in [-0.2, 0) is 12.8 Å². The second-order valence-corrected chi connectivity index (χ2v) is 5.99. The predicted octanol–water partition coefficient (Wildman–Crippen LogP) is 4.13. The quantitative estimate of drug-likeness (QED) is 0.627. The van der Waals surface area contributed by atoms with Gasteiger partial charge in [0.1, 0.15) is 5.84 Å². The van der Waals surface area contributed by atoms with Crippen molar-refractivity contribution >= 4 is 11.5 Å². The highest BCUT2D eigenvalue weighted by Crippen LogP contribution is 2.31. The second kappa shape index (κ2) is 5.77. The van der Waals surface area contributed by atoms with Gasteiger partial charge in [0.2, 0.25) is 0 Å². The molecule has 0 unspecified atom stereocenters. The molecule has 0 saturated heterocycles. The molecule has 2 aliphatic carbocycles. The van der Waals surface area contributed by atoms with E-state index in [1.807, 2.05) is 0 Å². The van der Waals surface area contributed by atoms with Gasteiger partial charge in [-0.1, -0.05) is 31.4 Å². The maximum atomic E-state index is 6.26. The molecule has 3 rings (SSSR count). The number of benzene rings is 1. The number of hydrogen-bond donors (Lipinski definition) is 1. The Bertz CT molecular complexity index is 470. The first kappa shape index (κ1) is 12.7. The fraction of sp³-hybridized carbons (Fsp3) is 0.588. The predicted molar refractivity (Wildman–Crippen MR) is 80.9 cm³/mol. The molecule has 0 atom stereocenters. The van der Waals surface area contributed by atoms with E-state index < -0.39 is 0 Å². The Morgan fingerprint density at radius 1 is 1.00 bits per heavy atom. The third-order valence-electron chi connectivity index (χ3n) is 4.64. The van der Waals surface area contributed by atoms with Crippen molar-refractivity contribution in [2.24, 2.45) is 16.6 Å². The summed E-state index contributed by atoms with van der Waals surface area (Å²) in [6.07, 6.45) is 11.4. The van der Waals surface area contributed by atoms with Gasteiger partial charge in [0, 0.05) is 5.92 Å². The number of nitrogens with zero attached hydrogens (tertiary/aromatic N) is 1. The van der Waals surface area contributed by atoms with Crippen LogP contribution in [0.4, 0.5) is 5.69 Å². The summed E-state index contributed by atoms with van der Waals surface area (Å²) in [5, 5.41) is 0. The van der Waals surface area contributed by atoms with Gasteiger partial charge in [-0.05, 0) is 55.7 Å². The molecule has 1 saturated carbocycles. The van der Waals surface area contributed by atoms with E-state index in [2.05, 4.69) is 18.2 Å². The average molecular weight is 256 g/mol. The molecule has 19 heavy (non-hydrogen) atoms. The number of aliphatic imine (C=N–C) groups is 1. The van der Waals surface area contributed by atoms with Crippen molar-refractivity contribution in [3.8, 4) is 0 Å². The second-order valence-electron chi connectivity index (χ2n) is 5.99. The summed E-state index contributed by atoms with van der Waals surface area (Å²) < 4.78 is 0. The Hall–Kier alpha value is -1.31. The summed E-state index contributed by atoms with van der Waals surface area (Å²) in [6, 6.07) is 6.53. The SMILES string of the molecule is NC(=Nc1cccc2c1CCCC2)C1CCCCC1. The Kier molecular flexibility index (Phi) is 3.86. The van der Waals surface area contributed by atoms with Gasteiger partial charge in [-0.3, -0.25) is 0 Å². The van der Waals surface area contributed by atoms with Crippen molar-refractivity contribution in [1.29, 1.82) is 0 Å². The summed E-state index contributed by atoms with van der Waals surface area (Å²) in [6.45, 7) is 0. The van der Waals surface area contributed by atoms with Crippen molar-refractivity contribution in [2.45, 2.75) is 57.8 Å². The first-order valence-corrected chi connectivity index (χ1v) is 7.79. The van der Waals surface area contributed by atoms with Crippen LogP contribution in [0.2, 0.25) is 0 Å². The van der Waals surface area contributed by atoms with E-state index in [1.165, 1.54) is 68.9 Å². The van der Waals surface area contributed by atoms with Crippen LogP contribution in [0.25, 0.3) is 0 Å². The zero-order valence-corrected chi connectivity index (χ0v) is 11.7. The standard InChI is InChI=1S/C17H24N2/c18-17(14-8-2-1-3-9-14)19-16-12-6-10-13-7-4-5-11-15(13)16/h6,10,12,14H,1-5,7-9,11H2,(H2,18,19). The Morgan fingerprint density at radius 2 is 1.79 bits per heavy atom. The smallest absolute Gasteiger partial charge is 0.103 e. The summed E-state index contributed by atoms with van der Waals surface area (Å²) in [5.74, 6) is 1.40. The Balaban J connectivity index is 1.85. The number of aryl methyl sites for hydroxylation is 1. The van der Waals surface area contributed by atoms with Crippen LogP contribution in [0.5, 0.6) is 0 Å². The van der Waals surface area contributed by atoms with Gasteiger partial charge in [0.25, 0.3) is 0 Å². The van der Waals surface area contributed by atoms with Gasteiger partial charge < -0.3 is 5.73 Å². The number of rotatable bonds is 2. The van der Waals surface area contributed by atoms with Crippen LogP contribution in [0, 0.1) is 5.92 Å². The van der Waals surface area contributed by atoms with Gasteiger partial charge in [-0.15, -0.1) is 0 Å². The fourth-order valence-corrected chi connectivity index (χ4v) is 3.49. The summed E-state index contributed by atoms with van der Waals surface area (Å²) in [7, 11) is 0. The molecule has 2 heteroatoms. The van der Waals surface area contributed by atoms with Crippen LogP contribution >= 0.6 is 0 Å². The van der Waals surface area contributed by atoms with Gasteiger partial charge in [-0.2, -0.15) is 0 Å². The molecule has 0 spiro atoms. The molecule has 1 aromatic rings.